The molecule has 0 amide bonds. The van der Waals surface area contributed by atoms with Gasteiger partial charge in [-0.3, -0.25) is 0 Å². The summed E-state index contributed by atoms with van der Waals surface area (Å²) in [6.07, 6.45) is 0.759. The minimum absolute atomic E-state index is 0.0206. The fourth-order valence-electron chi connectivity index (χ4n) is 2.64. The number of carbonyl (C=O) groups excluding carboxylic acids is 1. The van der Waals surface area contributed by atoms with Crippen molar-refractivity contribution in [2.24, 2.45) is 0 Å². The Morgan fingerprint density at radius 1 is 1.46 bits per heavy atom. The maximum absolute atomic E-state index is 11.8. The number of aromatic nitrogens is 1. The van der Waals surface area contributed by atoms with E-state index in [1.165, 1.54) is 0 Å². The van der Waals surface area contributed by atoms with Crippen LogP contribution in [0.4, 0.5) is 6.01 Å². The summed E-state index contributed by atoms with van der Waals surface area (Å²) in [7, 11) is 1.62. The van der Waals surface area contributed by atoms with E-state index in [-0.39, 0.29) is 18.4 Å². The Balaban J connectivity index is 1.81. The van der Waals surface area contributed by atoms with Crippen LogP contribution < -0.4 is 14.8 Å². The average molecular weight is 332 g/mol. The van der Waals surface area contributed by atoms with E-state index < -0.39 is 5.97 Å². The molecule has 2 heterocycles. The molecule has 0 spiro atoms. The van der Waals surface area contributed by atoms with Gasteiger partial charge in [-0.25, -0.2) is 4.79 Å². The van der Waals surface area contributed by atoms with Gasteiger partial charge in [-0.15, -0.1) is 0 Å². The molecule has 0 fully saturated rings. The second-order valence-electron chi connectivity index (χ2n) is 5.39. The molecule has 0 radical (unpaired) electrons. The Kier molecular flexibility index (Phi) is 4.59. The van der Waals surface area contributed by atoms with Gasteiger partial charge < -0.3 is 23.9 Å². The van der Waals surface area contributed by atoms with Gasteiger partial charge in [0.2, 0.25) is 5.76 Å². The molecule has 1 N–H and O–H groups in total. The summed E-state index contributed by atoms with van der Waals surface area (Å²) in [5, 5.41) is 3.23. The number of methoxy groups -OCH3 is 1. The van der Waals surface area contributed by atoms with E-state index >= 15 is 0 Å². The molecule has 0 bridgehead atoms. The van der Waals surface area contributed by atoms with Crippen molar-refractivity contribution in [1.29, 1.82) is 0 Å². The number of aryl methyl sites for hydroxylation is 1. The van der Waals surface area contributed by atoms with Gasteiger partial charge in [-0.2, -0.15) is 4.98 Å². The fourth-order valence-corrected chi connectivity index (χ4v) is 2.64. The molecule has 0 aliphatic carbocycles. The van der Waals surface area contributed by atoms with Crippen LogP contribution in [-0.2, 0) is 4.74 Å². The lowest BCUT2D eigenvalue weighted by Crippen LogP contribution is -2.20. The number of anilines is 1. The molecule has 1 aliphatic rings. The highest BCUT2D eigenvalue weighted by atomic mass is 16.5. The van der Waals surface area contributed by atoms with Gasteiger partial charge >= 0.3 is 5.97 Å². The van der Waals surface area contributed by atoms with Crippen molar-refractivity contribution >= 4 is 12.0 Å². The standard InChI is InChI=1S/C17H20N2O5/c1-4-22-16(20)15-10(2)18-17(24-15)19-13-7-8-23-14-9-11(21-3)5-6-12(13)14/h5-6,9,13H,4,7-8H2,1-3H3,(H,18,19). The van der Waals surface area contributed by atoms with Crippen molar-refractivity contribution in [1.82, 2.24) is 4.98 Å². The molecular formula is C17H20N2O5. The molecule has 128 valence electrons. The first-order chi connectivity index (χ1) is 11.6. The van der Waals surface area contributed by atoms with Gasteiger partial charge in [-0.05, 0) is 26.0 Å². The first kappa shape index (κ1) is 16.2. The zero-order valence-electron chi connectivity index (χ0n) is 13.9. The summed E-state index contributed by atoms with van der Waals surface area (Å²) < 4.78 is 21.4. The quantitative estimate of drug-likeness (QED) is 0.842. The number of hydrogen-bond acceptors (Lipinski definition) is 7. The van der Waals surface area contributed by atoms with E-state index in [1.54, 1.807) is 21.0 Å². The molecule has 1 aromatic heterocycles. The first-order valence-corrected chi connectivity index (χ1v) is 7.84. The molecule has 1 unspecified atom stereocenters. The number of fused-ring (bicyclic) bond motifs is 1. The van der Waals surface area contributed by atoms with Gasteiger partial charge in [-0.1, -0.05) is 0 Å². The highest BCUT2D eigenvalue weighted by molar-refractivity contribution is 5.87. The summed E-state index contributed by atoms with van der Waals surface area (Å²) in [6, 6.07) is 5.96. The maximum Gasteiger partial charge on any atom is 0.376 e. The van der Waals surface area contributed by atoms with Gasteiger partial charge in [0, 0.05) is 18.1 Å². The largest absolute Gasteiger partial charge is 0.497 e. The van der Waals surface area contributed by atoms with E-state index in [4.69, 9.17) is 18.6 Å². The van der Waals surface area contributed by atoms with Crippen LogP contribution in [0.1, 0.15) is 41.2 Å². The summed E-state index contributed by atoms with van der Waals surface area (Å²) in [5.74, 6) is 1.13. The van der Waals surface area contributed by atoms with E-state index in [1.807, 2.05) is 18.2 Å². The third-order valence-corrected chi connectivity index (χ3v) is 3.82. The lowest BCUT2D eigenvalue weighted by molar-refractivity contribution is 0.0490. The zero-order valence-corrected chi connectivity index (χ0v) is 13.9. The zero-order chi connectivity index (χ0) is 17.1. The van der Waals surface area contributed by atoms with Crippen LogP contribution >= 0.6 is 0 Å². The van der Waals surface area contributed by atoms with Gasteiger partial charge in [0.25, 0.3) is 6.01 Å². The smallest absolute Gasteiger partial charge is 0.376 e. The normalized spacial score (nSPS) is 16.0. The van der Waals surface area contributed by atoms with Crippen molar-refractivity contribution in [3.8, 4) is 11.5 Å². The number of benzene rings is 1. The van der Waals surface area contributed by atoms with Crippen molar-refractivity contribution < 1.29 is 23.4 Å². The number of rotatable bonds is 5. The number of nitrogens with zero attached hydrogens (tertiary/aromatic N) is 1. The molecule has 3 rings (SSSR count). The monoisotopic (exact) mass is 332 g/mol. The van der Waals surface area contributed by atoms with Crippen molar-refractivity contribution in [3.63, 3.8) is 0 Å². The maximum atomic E-state index is 11.8. The van der Waals surface area contributed by atoms with E-state index in [9.17, 15) is 4.79 Å². The molecule has 1 aromatic carbocycles. The van der Waals surface area contributed by atoms with Crippen molar-refractivity contribution in [3.05, 3.63) is 35.2 Å². The number of nitrogens with one attached hydrogen (secondary N) is 1. The molecule has 0 saturated carbocycles. The number of carbonyl (C=O) groups is 1. The second-order valence-corrected chi connectivity index (χ2v) is 5.39. The summed E-state index contributed by atoms with van der Waals surface area (Å²) in [5.41, 5.74) is 1.49. The lowest BCUT2D eigenvalue weighted by atomic mass is 10.0. The molecule has 24 heavy (non-hydrogen) atoms. The average Bonchev–Trinajstić information content (AvgIpc) is 2.95. The van der Waals surface area contributed by atoms with Crippen LogP contribution in [0.2, 0.25) is 0 Å². The topological polar surface area (TPSA) is 82.8 Å². The second kappa shape index (κ2) is 6.82. The third kappa shape index (κ3) is 3.15. The Hall–Kier alpha value is -2.70. The lowest BCUT2D eigenvalue weighted by Gasteiger charge is -2.26. The minimum Gasteiger partial charge on any atom is -0.497 e. The number of hydrogen-bond donors (Lipinski definition) is 1. The van der Waals surface area contributed by atoms with Crippen molar-refractivity contribution in [2.45, 2.75) is 26.3 Å². The number of esters is 1. The predicted octanol–water partition coefficient (Wildman–Crippen LogP) is 3.10. The van der Waals surface area contributed by atoms with Crippen LogP contribution in [0.5, 0.6) is 11.5 Å². The van der Waals surface area contributed by atoms with E-state index in [2.05, 4.69) is 10.3 Å². The molecule has 1 aliphatic heterocycles. The fraction of sp³-hybridized carbons (Fsp3) is 0.412. The van der Waals surface area contributed by atoms with Gasteiger partial charge in [0.05, 0.1) is 32.1 Å². The van der Waals surface area contributed by atoms with Crippen LogP contribution in [-0.4, -0.2) is 31.3 Å². The van der Waals surface area contributed by atoms with Gasteiger partial charge in [0.15, 0.2) is 0 Å². The third-order valence-electron chi connectivity index (χ3n) is 3.82. The Morgan fingerprint density at radius 3 is 3.04 bits per heavy atom. The molecule has 7 nitrogen and oxygen atoms in total. The summed E-state index contributed by atoms with van der Waals surface area (Å²) in [6.45, 7) is 4.32. The molecule has 7 heteroatoms. The minimum atomic E-state index is -0.507. The molecule has 1 atom stereocenters. The SMILES string of the molecule is CCOC(=O)c1oc(NC2CCOc3cc(OC)ccc32)nc1C. The Morgan fingerprint density at radius 2 is 2.29 bits per heavy atom. The predicted molar refractivity (Wildman–Crippen MR) is 86.7 cm³/mol. The summed E-state index contributed by atoms with van der Waals surface area (Å²) in [4.78, 5) is 16.1. The molecular weight excluding hydrogens is 312 g/mol. The van der Waals surface area contributed by atoms with Crippen LogP contribution in [0.3, 0.4) is 0 Å². The number of ether oxygens (including phenoxy) is 3. The number of oxazole rings is 1. The van der Waals surface area contributed by atoms with Crippen LogP contribution in [0.15, 0.2) is 22.6 Å². The van der Waals surface area contributed by atoms with Crippen LogP contribution in [0, 0.1) is 6.92 Å². The Labute approximate surface area is 139 Å². The van der Waals surface area contributed by atoms with E-state index in [0.29, 0.717) is 18.3 Å². The summed E-state index contributed by atoms with van der Waals surface area (Å²) >= 11 is 0. The van der Waals surface area contributed by atoms with E-state index in [0.717, 1.165) is 23.5 Å². The highest BCUT2D eigenvalue weighted by Crippen LogP contribution is 2.36. The molecule has 0 saturated heterocycles. The first-order valence-electron chi connectivity index (χ1n) is 7.84. The highest BCUT2D eigenvalue weighted by Gasteiger charge is 2.25. The Bertz CT molecular complexity index is 741. The van der Waals surface area contributed by atoms with Crippen molar-refractivity contribution in [2.75, 3.05) is 25.6 Å². The molecule has 2 aromatic rings. The van der Waals surface area contributed by atoms with Gasteiger partial charge in [0.1, 0.15) is 11.5 Å². The van der Waals surface area contributed by atoms with Crippen LogP contribution in [0.25, 0.3) is 0 Å².